The minimum atomic E-state index is -0.461. The topological polar surface area (TPSA) is 29.1 Å². The number of nitrogens with one attached hydrogen (secondary N) is 1. The van der Waals surface area contributed by atoms with Crippen LogP contribution in [0.15, 0.2) is 53.4 Å². The quantitative estimate of drug-likeness (QED) is 0.860. The van der Waals surface area contributed by atoms with Crippen LogP contribution in [0.2, 0.25) is 0 Å². The molecule has 0 aliphatic heterocycles. The van der Waals surface area contributed by atoms with Gasteiger partial charge in [-0.05, 0) is 43.3 Å². The number of hydrogen-bond donors (Lipinski definition) is 1. The molecule has 0 aromatic heterocycles. The van der Waals surface area contributed by atoms with E-state index in [0.29, 0.717) is 10.6 Å². The summed E-state index contributed by atoms with van der Waals surface area (Å²) in [5, 5.41) is 2.20. The van der Waals surface area contributed by atoms with E-state index in [1.54, 1.807) is 25.1 Å². The van der Waals surface area contributed by atoms with Crippen LogP contribution in [-0.2, 0) is 4.79 Å². The molecule has 0 bridgehead atoms. The van der Waals surface area contributed by atoms with Crippen molar-refractivity contribution in [2.24, 2.45) is 0 Å². The van der Waals surface area contributed by atoms with Crippen molar-refractivity contribution in [3.63, 3.8) is 0 Å². The van der Waals surface area contributed by atoms with Crippen molar-refractivity contribution >= 4 is 23.4 Å². The highest BCUT2D eigenvalue weighted by Gasteiger charge is 2.16. The Morgan fingerprint density at radius 3 is 2.40 bits per heavy atom. The fraction of sp³-hybridized carbons (Fsp3) is 0.133. The molecule has 0 heterocycles. The zero-order valence-electron chi connectivity index (χ0n) is 10.8. The van der Waals surface area contributed by atoms with E-state index in [4.69, 9.17) is 0 Å². The van der Waals surface area contributed by atoms with E-state index >= 15 is 0 Å². The second-order valence-corrected chi connectivity index (χ2v) is 5.57. The summed E-state index contributed by atoms with van der Waals surface area (Å²) in [5.41, 5.74) is 0.511. The molecule has 0 saturated carbocycles. The van der Waals surface area contributed by atoms with Crippen LogP contribution in [0, 0.1) is 11.6 Å². The Balaban J connectivity index is 1.99. The highest BCUT2D eigenvalue weighted by molar-refractivity contribution is 8.00. The van der Waals surface area contributed by atoms with E-state index in [2.05, 4.69) is 5.32 Å². The minimum absolute atomic E-state index is 0.259. The smallest absolute Gasteiger partial charge is 0.237 e. The molecule has 1 N–H and O–H groups in total. The molecule has 20 heavy (non-hydrogen) atoms. The van der Waals surface area contributed by atoms with Gasteiger partial charge in [-0.15, -0.1) is 11.8 Å². The highest BCUT2D eigenvalue weighted by Crippen LogP contribution is 2.26. The fourth-order valence-electron chi connectivity index (χ4n) is 1.56. The van der Waals surface area contributed by atoms with Crippen LogP contribution in [0.25, 0.3) is 0 Å². The number of anilines is 1. The predicted molar refractivity (Wildman–Crippen MR) is 76.7 cm³/mol. The van der Waals surface area contributed by atoms with E-state index < -0.39 is 5.25 Å². The first kappa shape index (κ1) is 14.5. The third-order valence-electron chi connectivity index (χ3n) is 2.62. The van der Waals surface area contributed by atoms with Gasteiger partial charge in [-0.3, -0.25) is 4.79 Å². The number of amides is 1. The van der Waals surface area contributed by atoms with Gasteiger partial charge in [-0.2, -0.15) is 0 Å². The van der Waals surface area contributed by atoms with Crippen molar-refractivity contribution in [3.05, 3.63) is 60.2 Å². The lowest BCUT2D eigenvalue weighted by Crippen LogP contribution is -2.22. The van der Waals surface area contributed by atoms with Gasteiger partial charge in [0.2, 0.25) is 5.91 Å². The number of hydrogen-bond acceptors (Lipinski definition) is 2. The molecular formula is C15H13F2NOS. The van der Waals surface area contributed by atoms with E-state index in [0.717, 1.165) is 11.8 Å². The maximum absolute atomic E-state index is 13.5. The number of carbonyl (C=O) groups is 1. The van der Waals surface area contributed by atoms with Gasteiger partial charge in [0, 0.05) is 10.6 Å². The second-order valence-electron chi connectivity index (χ2n) is 4.19. The molecule has 2 aromatic carbocycles. The van der Waals surface area contributed by atoms with Crippen LogP contribution in [0.4, 0.5) is 14.5 Å². The van der Waals surface area contributed by atoms with Gasteiger partial charge >= 0.3 is 0 Å². The highest BCUT2D eigenvalue weighted by atomic mass is 32.2. The first-order chi connectivity index (χ1) is 9.56. The molecule has 2 nitrogen and oxygen atoms in total. The van der Waals surface area contributed by atoms with Crippen molar-refractivity contribution in [3.8, 4) is 0 Å². The van der Waals surface area contributed by atoms with Gasteiger partial charge in [0.05, 0.1) is 5.25 Å². The molecule has 0 spiro atoms. The largest absolute Gasteiger partial charge is 0.325 e. The molecule has 104 valence electrons. The maximum Gasteiger partial charge on any atom is 0.237 e. The summed E-state index contributed by atoms with van der Waals surface area (Å²) in [7, 11) is 0. The molecule has 0 fully saturated rings. The van der Waals surface area contributed by atoms with Gasteiger partial charge in [0.1, 0.15) is 11.6 Å². The van der Waals surface area contributed by atoms with Crippen molar-refractivity contribution in [1.82, 2.24) is 0 Å². The number of halogens is 2. The predicted octanol–water partition coefficient (Wildman–Crippen LogP) is 4.08. The molecular weight excluding hydrogens is 280 g/mol. The SMILES string of the molecule is C[C@H](Sc1ccccc1F)C(=O)Nc1ccc(F)cc1. The van der Waals surface area contributed by atoms with Gasteiger partial charge in [0.25, 0.3) is 0 Å². The fourth-order valence-corrected chi connectivity index (χ4v) is 2.45. The van der Waals surface area contributed by atoms with E-state index in [-0.39, 0.29) is 17.5 Å². The van der Waals surface area contributed by atoms with Gasteiger partial charge in [-0.25, -0.2) is 8.78 Å². The average Bonchev–Trinajstić information content (AvgIpc) is 2.44. The molecule has 2 aromatic rings. The van der Waals surface area contributed by atoms with Crippen LogP contribution in [0.1, 0.15) is 6.92 Å². The lowest BCUT2D eigenvalue weighted by molar-refractivity contribution is -0.115. The molecule has 0 radical (unpaired) electrons. The molecule has 1 atom stereocenters. The molecule has 5 heteroatoms. The Kier molecular flexibility index (Phi) is 4.74. The van der Waals surface area contributed by atoms with E-state index in [1.165, 1.54) is 30.3 Å². The molecule has 0 unspecified atom stereocenters. The lowest BCUT2D eigenvalue weighted by Gasteiger charge is -2.12. The number of thioether (sulfide) groups is 1. The number of rotatable bonds is 4. The number of benzene rings is 2. The Labute approximate surface area is 120 Å². The van der Waals surface area contributed by atoms with Crippen LogP contribution in [0.5, 0.6) is 0 Å². The van der Waals surface area contributed by atoms with Crippen LogP contribution in [-0.4, -0.2) is 11.2 Å². The van der Waals surface area contributed by atoms with Crippen molar-refractivity contribution in [1.29, 1.82) is 0 Å². The summed E-state index contributed by atoms with van der Waals surface area (Å²) in [6.07, 6.45) is 0. The third-order valence-corrected chi connectivity index (χ3v) is 3.77. The first-order valence-corrected chi connectivity index (χ1v) is 6.92. The van der Waals surface area contributed by atoms with Gasteiger partial charge < -0.3 is 5.32 Å². The summed E-state index contributed by atoms with van der Waals surface area (Å²) in [6, 6.07) is 11.8. The van der Waals surface area contributed by atoms with Crippen LogP contribution < -0.4 is 5.32 Å². The van der Waals surface area contributed by atoms with Crippen LogP contribution in [0.3, 0.4) is 0 Å². The summed E-state index contributed by atoms with van der Waals surface area (Å²) in [6.45, 7) is 1.69. The minimum Gasteiger partial charge on any atom is -0.325 e. The monoisotopic (exact) mass is 293 g/mol. The average molecular weight is 293 g/mol. The summed E-state index contributed by atoms with van der Waals surface area (Å²) < 4.78 is 26.2. The molecule has 1 amide bonds. The molecule has 0 aliphatic rings. The van der Waals surface area contributed by atoms with Gasteiger partial charge in [-0.1, -0.05) is 12.1 Å². The molecule has 0 aliphatic carbocycles. The van der Waals surface area contributed by atoms with Crippen molar-refractivity contribution < 1.29 is 13.6 Å². The van der Waals surface area contributed by atoms with Crippen molar-refractivity contribution in [2.75, 3.05) is 5.32 Å². The standard InChI is InChI=1S/C15H13F2NOS/c1-10(20-14-5-3-2-4-13(14)17)15(19)18-12-8-6-11(16)7-9-12/h2-10H,1H3,(H,18,19)/t10-/m0/s1. The summed E-state index contributed by atoms with van der Waals surface area (Å²) >= 11 is 1.14. The molecule has 2 rings (SSSR count). The summed E-state index contributed by atoms with van der Waals surface area (Å²) in [5.74, 6) is -0.972. The lowest BCUT2D eigenvalue weighted by atomic mass is 10.3. The second kappa shape index (κ2) is 6.52. The van der Waals surface area contributed by atoms with Gasteiger partial charge in [0.15, 0.2) is 0 Å². The Morgan fingerprint density at radius 1 is 1.10 bits per heavy atom. The van der Waals surface area contributed by atoms with E-state index in [1.807, 2.05) is 0 Å². The Morgan fingerprint density at radius 2 is 1.75 bits per heavy atom. The Bertz CT molecular complexity index is 601. The molecule has 0 saturated heterocycles. The zero-order valence-corrected chi connectivity index (χ0v) is 11.6. The summed E-state index contributed by atoms with van der Waals surface area (Å²) in [4.78, 5) is 12.4. The Hall–Kier alpha value is -1.88. The zero-order chi connectivity index (χ0) is 14.5. The normalized spacial score (nSPS) is 11.9. The first-order valence-electron chi connectivity index (χ1n) is 6.04. The number of carbonyl (C=O) groups excluding carboxylic acids is 1. The maximum atomic E-state index is 13.5. The third kappa shape index (κ3) is 3.81. The van der Waals surface area contributed by atoms with Crippen molar-refractivity contribution in [2.45, 2.75) is 17.1 Å². The van der Waals surface area contributed by atoms with E-state index in [9.17, 15) is 13.6 Å². The van der Waals surface area contributed by atoms with Crippen LogP contribution >= 0.6 is 11.8 Å².